The number of carbonyl (C=O) groups is 2. The van der Waals surface area contributed by atoms with Crippen molar-refractivity contribution in [2.45, 2.75) is 16.4 Å². The van der Waals surface area contributed by atoms with Crippen LogP contribution in [0.25, 0.3) is 21.8 Å². The highest BCUT2D eigenvalue weighted by molar-refractivity contribution is 7.91. The monoisotopic (exact) mass is 496 g/mol. The summed E-state index contributed by atoms with van der Waals surface area (Å²) in [5, 5.41) is 0.596. The molecule has 0 aliphatic carbocycles. The first kappa shape index (κ1) is 23.2. The summed E-state index contributed by atoms with van der Waals surface area (Å²) >= 11 is 0. The van der Waals surface area contributed by atoms with Crippen LogP contribution in [0.15, 0.2) is 107 Å². The van der Waals surface area contributed by atoms with Crippen molar-refractivity contribution in [1.29, 1.82) is 0 Å². The van der Waals surface area contributed by atoms with Crippen molar-refractivity contribution in [2.75, 3.05) is 0 Å². The van der Waals surface area contributed by atoms with Crippen LogP contribution in [0.4, 0.5) is 0 Å². The van der Waals surface area contributed by atoms with Gasteiger partial charge in [0.05, 0.1) is 32.0 Å². The lowest BCUT2D eigenvalue weighted by atomic mass is 10.0. The van der Waals surface area contributed by atoms with Crippen LogP contribution in [0, 0.1) is 0 Å². The number of aromatic nitrogens is 1. The largest absolute Gasteiger partial charge is 0.457 e. The maximum atomic E-state index is 13.8. The molecular formula is C28H20N2O5S. The van der Waals surface area contributed by atoms with Gasteiger partial charge in [0.25, 0.3) is 0 Å². The first-order chi connectivity index (χ1) is 17.4. The molecule has 178 valence electrons. The fraction of sp³-hybridized carbons (Fsp3) is 0.0357. The van der Waals surface area contributed by atoms with E-state index in [-0.39, 0.29) is 32.9 Å². The molecular weight excluding hydrogens is 476 g/mol. The summed E-state index contributed by atoms with van der Waals surface area (Å²) in [6, 6.07) is 26.3. The molecule has 4 aromatic carbocycles. The van der Waals surface area contributed by atoms with Crippen molar-refractivity contribution in [1.82, 2.24) is 4.98 Å². The molecule has 8 heteroatoms. The van der Waals surface area contributed by atoms with Gasteiger partial charge < -0.3 is 10.5 Å². The van der Waals surface area contributed by atoms with Crippen molar-refractivity contribution in [3.05, 3.63) is 114 Å². The first-order valence-corrected chi connectivity index (χ1v) is 12.5. The number of para-hydroxylation sites is 1. The van der Waals surface area contributed by atoms with E-state index in [1.165, 1.54) is 30.3 Å². The molecule has 0 saturated heterocycles. The number of rotatable bonds is 6. The maximum Gasteiger partial charge on any atom is 0.338 e. The zero-order chi connectivity index (χ0) is 25.3. The maximum absolute atomic E-state index is 13.8. The second-order valence-electron chi connectivity index (χ2n) is 8.11. The Morgan fingerprint density at radius 2 is 1.50 bits per heavy atom. The summed E-state index contributed by atoms with van der Waals surface area (Å²) in [5.41, 5.74) is 7.54. The van der Waals surface area contributed by atoms with Gasteiger partial charge in [-0.1, -0.05) is 60.7 Å². The number of benzene rings is 4. The van der Waals surface area contributed by atoms with Crippen molar-refractivity contribution >= 4 is 43.5 Å². The Hall–Kier alpha value is -4.56. The second kappa shape index (κ2) is 9.24. The van der Waals surface area contributed by atoms with E-state index in [4.69, 9.17) is 10.5 Å². The molecule has 0 bridgehead atoms. The van der Waals surface area contributed by atoms with Gasteiger partial charge in [-0.15, -0.1) is 0 Å². The minimum atomic E-state index is -4.17. The van der Waals surface area contributed by atoms with Crippen LogP contribution in [0.1, 0.15) is 26.3 Å². The smallest absolute Gasteiger partial charge is 0.338 e. The SMILES string of the molecule is NC(=O)c1c2ccccc2nc2cccc(S(=O)(=O)c3cccc(C(=O)OCc4ccccc4)c3)c12. The molecule has 1 heterocycles. The molecule has 5 rings (SSSR count). The summed E-state index contributed by atoms with van der Waals surface area (Å²) < 4.78 is 32.9. The third-order valence-corrected chi connectivity index (χ3v) is 7.59. The Kier molecular flexibility index (Phi) is 5.95. The van der Waals surface area contributed by atoms with E-state index in [0.29, 0.717) is 16.4 Å². The third-order valence-electron chi connectivity index (χ3n) is 5.80. The molecule has 2 N–H and O–H groups in total. The summed E-state index contributed by atoms with van der Waals surface area (Å²) in [7, 11) is -4.17. The topological polar surface area (TPSA) is 116 Å². The summed E-state index contributed by atoms with van der Waals surface area (Å²) in [6.07, 6.45) is 0. The Labute approximate surface area is 207 Å². The van der Waals surface area contributed by atoms with Crippen LogP contribution in [0.2, 0.25) is 0 Å². The van der Waals surface area contributed by atoms with Gasteiger partial charge in [0, 0.05) is 10.8 Å². The Morgan fingerprint density at radius 3 is 2.28 bits per heavy atom. The number of carbonyl (C=O) groups excluding carboxylic acids is 2. The van der Waals surface area contributed by atoms with E-state index in [9.17, 15) is 18.0 Å². The van der Waals surface area contributed by atoms with E-state index in [2.05, 4.69) is 4.98 Å². The number of amides is 1. The molecule has 0 aliphatic rings. The number of nitrogens with two attached hydrogens (primary N) is 1. The van der Waals surface area contributed by atoms with Gasteiger partial charge in [0.15, 0.2) is 0 Å². The molecule has 0 saturated carbocycles. The fourth-order valence-corrected chi connectivity index (χ4v) is 5.64. The van der Waals surface area contributed by atoms with Crippen LogP contribution < -0.4 is 5.73 Å². The Balaban J connectivity index is 1.60. The van der Waals surface area contributed by atoms with Gasteiger partial charge in [0.1, 0.15) is 6.61 Å². The van der Waals surface area contributed by atoms with Crippen LogP contribution >= 0.6 is 0 Å². The number of hydrogen-bond acceptors (Lipinski definition) is 6. The van der Waals surface area contributed by atoms with E-state index >= 15 is 0 Å². The lowest BCUT2D eigenvalue weighted by Gasteiger charge is -2.13. The van der Waals surface area contributed by atoms with Crippen molar-refractivity contribution in [3.8, 4) is 0 Å². The highest BCUT2D eigenvalue weighted by Gasteiger charge is 2.26. The number of pyridine rings is 1. The predicted octanol–water partition coefficient (Wildman–Crippen LogP) is 4.68. The second-order valence-corrected chi connectivity index (χ2v) is 10.0. The molecule has 1 amide bonds. The fourth-order valence-electron chi connectivity index (χ4n) is 4.11. The molecule has 0 spiro atoms. The number of hydrogen-bond donors (Lipinski definition) is 1. The molecule has 36 heavy (non-hydrogen) atoms. The van der Waals surface area contributed by atoms with E-state index in [0.717, 1.165) is 5.56 Å². The normalized spacial score (nSPS) is 11.4. The first-order valence-electron chi connectivity index (χ1n) is 11.0. The zero-order valence-corrected chi connectivity index (χ0v) is 19.7. The summed E-state index contributed by atoms with van der Waals surface area (Å²) in [5.74, 6) is -1.42. The minimum Gasteiger partial charge on any atom is -0.457 e. The van der Waals surface area contributed by atoms with Crippen molar-refractivity contribution in [3.63, 3.8) is 0 Å². The number of sulfone groups is 1. The number of primary amides is 1. The van der Waals surface area contributed by atoms with Crippen LogP contribution in [0.5, 0.6) is 0 Å². The zero-order valence-electron chi connectivity index (χ0n) is 18.9. The Bertz CT molecular complexity index is 1750. The summed E-state index contributed by atoms with van der Waals surface area (Å²) in [6.45, 7) is 0.0562. The predicted molar refractivity (Wildman–Crippen MR) is 135 cm³/mol. The molecule has 5 aromatic rings. The average Bonchev–Trinajstić information content (AvgIpc) is 2.90. The van der Waals surface area contributed by atoms with Gasteiger partial charge in [-0.05, 0) is 42.0 Å². The number of esters is 1. The van der Waals surface area contributed by atoms with Crippen LogP contribution in [-0.4, -0.2) is 25.3 Å². The van der Waals surface area contributed by atoms with Crippen LogP contribution in [0.3, 0.4) is 0 Å². The highest BCUT2D eigenvalue weighted by atomic mass is 32.2. The van der Waals surface area contributed by atoms with Gasteiger partial charge >= 0.3 is 5.97 Å². The van der Waals surface area contributed by atoms with Gasteiger partial charge in [-0.25, -0.2) is 18.2 Å². The number of fused-ring (bicyclic) bond motifs is 2. The molecule has 0 radical (unpaired) electrons. The standard InChI is InChI=1S/C28H20N2O5S/c29-27(31)25-21-12-4-5-13-22(21)30-23-14-7-15-24(26(23)25)36(33,34)20-11-6-10-19(16-20)28(32)35-17-18-8-2-1-3-9-18/h1-16H,17H2,(H2,29,31). The van der Waals surface area contributed by atoms with E-state index < -0.39 is 21.7 Å². The molecule has 1 aromatic heterocycles. The molecule has 0 unspecified atom stereocenters. The molecule has 0 aliphatic heterocycles. The Morgan fingerprint density at radius 1 is 0.806 bits per heavy atom. The molecule has 7 nitrogen and oxygen atoms in total. The van der Waals surface area contributed by atoms with Gasteiger partial charge in [-0.2, -0.15) is 0 Å². The average molecular weight is 497 g/mol. The van der Waals surface area contributed by atoms with Gasteiger partial charge in [-0.3, -0.25) is 4.79 Å². The third kappa shape index (κ3) is 4.18. The quantitative estimate of drug-likeness (QED) is 0.270. The molecule has 0 atom stereocenters. The van der Waals surface area contributed by atoms with Crippen LogP contribution in [-0.2, 0) is 21.2 Å². The lowest BCUT2D eigenvalue weighted by Crippen LogP contribution is -2.15. The number of ether oxygens (including phenoxy) is 1. The van der Waals surface area contributed by atoms with E-state index in [1.54, 1.807) is 36.4 Å². The minimum absolute atomic E-state index is 0.0562. The van der Waals surface area contributed by atoms with Gasteiger partial charge in [0.2, 0.25) is 15.7 Å². The molecule has 0 fully saturated rings. The highest BCUT2D eigenvalue weighted by Crippen LogP contribution is 2.33. The van der Waals surface area contributed by atoms with Crippen molar-refractivity contribution in [2.24, 2.45) is 5.73 Å². The van der Waals surface area contributed by atoms with Crippen molar-refractivity contribution < 1.29 is 22.7 Å². The van der Waals surface area contributed by atoms with E-state index in [1.807, 2.05) is 30.3 Å². The summed E-state index contributed by atoms with van der Waals surface area (Å²) in [4.78, 5) is 29.5. The lowest BCUT2D eigenvalue weighted by molar-refractivity contribution is 0.0472. The number of nitrogens with zero attached hydrogens (tertiary/aromatic N) is 1.